The van der Waals surface area contributed by atoms with E-state index in [0.717, 1.165) is 0 Å². The van der Waals surface area contributed by atoms with Crippen molar-refractivity contribution in [2.75, 3.05) is 31.1 Å². The summed E-state index contributed by atoms with van der Waals surface area (Å²) in [7, 11) is -3.84. The Balaban J connectivity index is 1.57. The number of aromatic carboxylic acids is 1. The van der Waals surface area contributed by atoms with E-state index in [1.165, 1.54) is 28.6 Å². The first-order valence-electron chi connectivity index (χ1n) is 10.2. The number of benzene rings is 3. The van der Waals surface area contributed by atoms with Crippen molar-refractivity contribution in [3.63, 3.8) is 0 Å². The Labute approximate surface area is 190 Å². The molecule has 1 saturated heterocycles. The third kappa shape index (κ3) is 4.43. The van der Waals surface area contributed by atoms with Crippen molar-refractivity contribution in [2.45, 2.75) is 4.90 Å². The molecule has 0 aliphatic carbocycles. The highest BCUT2D eigenvalue weighted by Crippen LogP contribution is 2.32. The lowest BCUT2D eigenvalue weighted by molar-refractivity contribution is -0.384. The molecule has 33 heavy (non-hydrogen) atoms. The van der Waals surface area contributed by atoms with E-state index in [1.54, 1.807) is 48.5 Å². The van der Waals surface area contributed by atoms with Gasteiger partial charge in [-0.05, 0) is 35.9 Å². The van der Waals surface area contributed by atoms with E-state index in [4.69, 9.17) is 0 Å². The lowest BCUT2D eigenvalue weighted by Crippen LogP contribution is -2.49. The number of piperazine rings is 1. The molecule has 0 radical (unpaired) electrons. The van der Waals surface area contributed by atoms with Crippen LogP contribution in [-0.2, 0) is 10.0 Å². The number of carboxylic acid groups (broad SMARTS) is 1. The smallest absolute Gasteiger partial charge is 0.337 e. The minimum atomic E-state index is -3.84. The van der Waals surface area contributed by atoms with Gasteiger partial charge in [0.25, 0.3) is 5.69 Å². The normalized spacial score (nSPS) is 14.7. The Hall–Kier alpha value is -3.76. The molecular formula is C23H21N3O6S. The number of anilines is 1. The topological polar surface area (TPSA) is 121 Å². The van der Waals surface area contributed by atoms with Gasteiger partial charge in [0, 0.05) is 32.2 Å². The number of sulfonamides is 1. The van der Waals surface area contributed by atoms with E-state index in [9.17, 15) is 28.4 Å². The molecule has 1 N–H and O–H groups in total. The van der Waals surface area contributed by atoms with Gasteiger partial charge in [0.2, 0.25) is 10.0 Å². The van der Waals surface area contributed by atoms with Crippen LogP contribution in [-0.4, -0.2) is 54.9 Å². The van der Waals surface area contributed by atoms with Crippen LogP contribution in [0.4, 0.5) is 11.4 Å². The van der Waals surface area contributed by atoms with E-state index in [0.29, 0.717) is 29.9 Å². The zero-order valence-electron chi connectivity index (χ0n) is 17.5. The second-order valence-electron chi connectivity index (χ2n) is 7.52. The summed E-state index contributed by atoms with van der Waals surface area (Å²) < 4.78 is 27.9. The molecule has 1 aliphatic rings. The molecule has 10 heteroatoms. The lowest BCUT2D eigenvalue weighted by atomic mass is 10.0. The van der Waals surface area contributed by atoms with Crippen LogP contribution >= 0.6 is 0 Å². The Morgan fingerprint density at radius 3 is 2.27 bits per heavy atom. The van der Waals surface area contributed by atoms with Gasteiger partial charge in [0.15, 0.2) is 0 Å². The number of carbonyl (C=O) groups is 1. The highest BCUT2D eigenvalue weighted by atomic mass is 32.2. The molecule has 1 heterocycles. The SMILES string of the molecule is O=C(O)c1ccccc1N1CCN(S(=O)(=O)c2cccc(-c3ccccc3[N+](=O)[O-])c2)CC1. The third-order valence-electron chi connectivity index (χ3n) is 5.60. The third-order valence-corrected chi connectivity index (χ3v) is 7.49. The van der Waals surface area contributed by atoms with Crippen LogP contribution in [0.3, 0.4) is 0 Å². The summed E-state index contributed by atoms with van der Waals surface area (Å²) in [6, 6.07) is 19.0. The Morgan fingerprint density at radius 1 is 0.909 bits per heavy atom. The molecule has 0 aromatic heterocycles. The molecular weight excluding hydrogens is 446 g/mol. The fourth-order valence-electron chi connectivity index (χ4n) is 3.95. The van der Waals surface area contributed by atoms with Crippen molar-refractivity contribution in [1.82, 2.24) is 4.31 Å². The highest BCUT2D eigenvalue weighted by molar-refractivity contribution is 7.89. The minimum absolute atomic E-state index is 0.0533. The molecule has 4 rings (SSSR count). The average molecular weight is 468 g/mol. The van der Waals surface area contributed by atoms with Gasteiger partial charge >= 0.3 is 5.97 Å². The summed E-state index contributed by atoms with van der Waals surface area (Å²) >= 11 is 0. The van der Waals surface area contributed by atoms with Crippen molar-refractivity contribution in [3.8, 4) is 11.1 Å². The highest BCUT2D eigenvalue weighted by Gasteiger charge is 2.30. The van der Waals surface area contributed by atoms with Gasteiger partial charge < -0.3 is 10.0 Å². The van der Waals surface area contributed by atoms with Crippen LogP contribution in [0.2, 0.25) is 0 Å². The van der Waals surface area contributed by atoms with Crippen molar-refractivity contribution < 1.29 is 23.2 Å². The largest absolute Gasteiger partial charge is 0.478 e. The number of nitro benzene ring substituents is 1. The number of nitrogens with zero attached hydrogens (tertiary/aromatic N) is 3. The molecule has 0 saturated carbocycles. The Morgan fingerprint density at radius 2 is 1.58 bits per heavy atom. The van der Waals surface area contributed by atoms with Crippen molar-refractivity contribution in [3.05, 3.63) is 88.5 Å². The molecule has 1 fully saturated rings. The average Bonchev–Trinajstić information content (AvgIpc) is 2.84. The van der Waals surface area contributed by atoms with Crippen molar-refractivity contribution in [1.29, 1.82) is 0 Å². The van der Waals surface area contributed by atoms with E-state index in [2.05, 4.69) is 0 Å². The molecule has 170 valence electrons. The number of rotatable bonds is 6. The monoisotopic (exact) mass is 467 g/mol. The summed E-state index contributed by atoms with van der Waals surface area (Å²) in [5.74, 6) is -1.03. The number of hydrogen-bond acceptors (Lipinski definition) is 6. The quantitative estimate of drug-likeness (QED) is 0.435. The van der Waals surface area contributed by atoms with E-state index < -0.39 is 20.9 Å². The van der Waals surface area contributed by atoms with Crippen LogP contribution in [0.1, 0.15) is 10.4 Å². The maximum atomic E-state index is 13.3. The first-order chi connectivity index (χ1) is 15.8. The second kappa shape index (κ2) is 9.00. The molecule has 0 spiro atoms. The maximum absolute atomic E-state index is 13.3. The number of carboxylic acids is 1. The lowest BCUT2D eigenvalue weighted by Gasteiger charge is -2.36. The fourth-order valence-corrected chi connectivity index (χ4v) is 5.42. The van der Waals surface area contributed by atoms with Crippen LogP contribution in [0.25, 0.3) is 11.1 Å². The van der Waals surface area contributed by atoms with E-state index in [-0.39, 0.29) is 29.2 Å². The molecule has 0 atom stereocenters. The summed E-state index contributed by atoms with van der Waals surface area (Å²) in [5.41, 5.74) is 1.41. The van der Waals surface area contributed by atoms with Crippen LogP contribution in [0.15, 0.2) is 77.7 Å². The van der Waals surface area contributed by atoms with Gasteiger partial charge in [0.1, 0.15) is 0 Å². The molecule has 0 unspecified atom stereocenters. The van der Waals surface area contributed by atoms with Gasteiger partial charge in [0.05, 0.1) is 26.6 Å². The predicted octanol–water partition coefficient (Wildman–Crippen LogP) is 3.47. The van der Waals surface area contributed by atoms with Gasteiger partial charge in [-0.1, -0.05) is 36.4 Å². The molecule has 0 bridgehead atoms. The Bertz CT molecular complexity index is 1320. The number of para-hydroxylation sites is 2. The van der Waals surface area contributed by atoms with E-state index >= 15 is 0 Å². The van der Waals surface area contributed by atoms with Crippen molar-refractivity contribution >= 4 is 27.4 Å². The Kier molecular flexibility index (Phi) is 6.12. The van der Waals surface area contributed by atoms with Crippen LogP contribution < -0.4 is 4.90 Å². The zero-order valence-corrected chi connectivity index (χ0v) is 18.3. The van der Waals surface area contributed by atoms with Crippen LogP contribution in [0.5, 0.6) is 0 Å². The summed E-state index contributed by atoms with van der Waals surface area (Å²) in [5, 5.41) is 20.8. The summed E-state index contributed by atoms with van der Waals surface area (Å²) in [6.07, 6.45) is 0. The van der Waals surface area contributed by atoms with Gasteiger partial charge in [-0.2, -0.15) is 4.31 Å². The summed E-state index contributed by atoms with van der Waals surface area (Å²) in [4.78, 5) is 24.3. The zero-order chi connectivity index (χ0) is 23.6. The molecule has 3 aromatic carbocycles. The summed E-state index contributed by atoms with van der Waals surface area (Å²) in [6.45, 7) is 1.05. The first kappa shape index (κ1) is 22.4. The molecule has 1 aliphatic heterocycles. The van der Waals surface area contributed by atoms with E-state index in [1.807, 2.05) is 4.90 Å². The van der Waals surface area contributed by atoms with Crippen LogP contribution in [0, 0.1) is 10.1 Å². The van der Waals surface area contributed by atoms with Gasteiger partial charge in [-0.3, -0.25) is 10.1 Å². The second-order valence-corrected chi connectivity index (χ2v) is 9.45. The maximum Gasteiger partial charge on any atom is 0.337 e. The van der Waals surface area contributed by atoms with Gasteiger partial charge in [-0.25, -0.2) is 13.2 Å². The van der Waals surface area contributed by atoms with Gasteiger partial charge in [-0.15, -0.1) is 0 Å². The number of nitro groups is 1. The molecule has 9 nitrogen and oxygen atoms in total. The standard InChI is InChI=1S/C23H21N3O6S/c27-23(28)20-9-2-3-10-21(20)24-12-14-25(15-13-24)33(31,32)18-7-5-6-17(16-18)19-8-1-4-11-22(19)26(29)30/h1-11,16H,12-15H2,(H,27,28). The van der Waals surface area contributed by atoms with Crippen molar-refractivity contribution in [2.24, 2.45) is 0 Å². The minimum Gasteiger partial charge on any atom is -0.478 e. The molecule has 0 amide bonds. The molecule has 3 aromatic rings. The number of hydrogen-bond donors (Lipinski definition) is 1. The fraction of sp³-hybridized carbons (Fsp3) is 0.174. The first-order valence-corrected chi connectivity index (χ1v) is 11.6. The predicted molar refractivity (Wildman–Crippen MR) is 123 cm³/mol.